The van der Waals surface area contributed by atoms with E-state index >= 15 is 0 Å². The molecule has 1 aliphatic carbocycles. The molecule has 0 aliphatic heterocycles. The molecule has 3 N–H and O–H groups in total. The first-order chi connectivity index (χ1) is 9.93. The van der Waals surface area contributed by atoms with Crippen LogP contribution in [0.15, 0.2) is 18.2 Å². The zero-order chi connectivity index (χ0) is 15.6. The summed E-state index contributed by atoms with van der Waals surface area (Å²) in [5.74, 6) is 5.58. The molecular weight excluding hydrogens is 272 g/mol. The number of carbonyl (C=O) groups is 1. The highest BCUT2D eigenvalue weighted by molar-refractivity contribution is 5.96. The highest BCUT2D eigenvalue weighted by Gasteiger charge is 2.33. The number of nitrogen functional groups attached to an aromatic ring is 1. The van der Waals surface area contributed by atoms with Crippen molar-refractivity contribution in [1.82, 2.24) is 4.90 Å². The molecule has 21 heavy (non-hydrogen) atoms. The summed E-state index contributed by atoms with van der Waals surface area (Å²) in [7, 11) is 0. The van der Waals surface area contributed by atoms with Gasteiger partial charge in [0, 0.05) is 24.2 Å². The van der Waals surface area contributed by atoms with Crippen LogP contribution in [0, 0.1) is 16.0 Å². The highest BCUT2D eigenvalue weighted by Crippen LogP contribution is 2.31. The smallest absolute Gasteiger partial charge is 0.293 e. The molecule has 1 amide bonds. The van der Waals surface area contributed by atoms with E-state index in [1.165, 1.54) is 18.2 Å². The summed E-state index contributed by atoms with van der Waals surface area (Å²) in [6.45, 7) is 4.81. The molecule has 1 saturated carbocycles. The van der Waals surface area contributed by atoms with E-state index in [0.29, 0.717) is 24.1 Å². The number of nitrogens with two attached hydrogens (primary N) is 1. The van der Waals surface area contributed by atoms with Crippen molar-refractivity contribution >= 4 is 17.3 Å². The van der Waals surface area contributed by atoms with Crippen LogP contribution in [0.4, 0.5) is 11.4 Å². The molecule has 1 aliphatic rings. The van der Waals surface area contributed by atoms with E-state index in [1.54, 1.807) is 0 Å². The van der Waals surface area contributed by atoms with Crippen molar-refractivity contribution < 1.29 is 9.72 Å². The normalized spacial score (nSPS) is 14.1. The number of anilines is 1. The second-order valence-electron chi connectivity index (χ2n) is 5.72. The Balaban J connectivity index is 2.27. The number of amides is 1. The molecule has 0 spiro atoms. The summed E-state index contributed by atoms with van der Waals surface area (Å²) in [6, 6.07) is 4.53. The lowest BCUT2D eigenvalue weighted by atomic mass is 10.1. The second-order valence-corrected chi connectivity index (χ2v) is 5.72. The number of nitrogens with one attached hydrogen (secondary N) is 1. The van der Waals surface area contributed by atoms with Gasteiger partial charge in [-0.1, -0.05) is 13.8 Å². The predicted molar refractivity (Wildman–Crippen MR) is 79.8 cm³/mol. The quantitative estimate of drug-likeness (QED) is 0.475. The SMILES string of the molecule is CC(C)CN(C(=O)c1ccc([N+](=O)[O-])c(NN)c1)C1CC1. The summed E-state index contributed by atoms with van der Waals surface area (Å²) < 4.78 is 0. The Labute approximate surface area is 123 Å². The molecule has 7 nitrogen and oxygen atoms in total. The molecule has 0 radical (unpaired) electrons. The van der Waals surface area contributed by atoms with Crippen molar-refractivity contribution in [2.24, 2.45) is 11.8 Å². The Morgan fingerprint density at radius 1 is 1.52 bits per heavy atom. The fraction of sp³-hybridized carbons (Fsp3) is 0.500. The molecule has 7 heteroatoms. The number of nitro benzene ring substituents is 1. The van der Waals surface area contributed by atoms with Crippen LogP contribution in [0.5, 0.6) is 0 Å². The van der Waals surface area contributed by atoms with Gasteiger partial charge in [0.05, 0.1) is 4.92 Å². The summed E-state index contributed by atoms with van der Waals surface area (Å²) in [6.07, 6.45) is 2.04. The molecule has 2 rings (SSSR count). The minimum Gasteiger partial charge on any atom is -0.335 e. The summed E-state index contributed by atoms with van der Waals surface area (Å²) in [5.41, 5.74) is 2.70. The van der Waals surface area contributed by atoms with Crippen LogP contribution in [0.2, 0.25) is 0 Å². The standard InChI is InChI=1S/C14H20N4O3/c1-9(2)8-17(11-4-5-11)14(19)10-3-6-13(18(20)21)12(7-10)16-15/h3,6-7,9,11,16H,4-5,8,15H2,1-2H3. The lowest BCUT2D eigenvalue weighted by Crippen LogP contribution is -2.36. The molecule has 0 unspecified atom stereocenters. The average molecular weight is 292 g/mol. The van der Waals surface area contributed by atoms with E-state index in [1.807, 2.05) is 4.90 Å². The predicted octanol–water partition coefficient (Wildman–Crippen LogP) is 2.14. The highest BCUT2D eigenvalue weighted by atomic mass is 16.6. The first-order valence-electron chi connectivity index (χ1n) is 7.00. The minimum absolute atomic E-state index is 0.0994. The van der Waals surface area contributed by atoms with Gasteiger partial charge in [-0.2, -0.15) is 0 Å². The zero-order valence-electron chi connectivity index (χ0n) is 12.2. The van der Waals surface area contributed by atoms with Gasteiger partial charge in [0.1, 0.15) is 5.69 Å². The minimum atomic E-state index is -0.532. The Morgan fingerprint density at radius 2 is 2.19 bits per heavy atom. The van der Waals surface area contributed by atoms with Crippen molar-refractivity contribution in [3.8, 4) is 0 Å². The van der Waals surface area contributed by atoms with E-state index in [9.17, 15) is 14.9 Å². The van der Waals surface area contributed by atoms with Crippen LogP contribution in [0.3, 0.4) is 0 Å². The largest absolute Gasteiger partial charge is 0.335 e. The van der Waals surface area contributed by atoms with Gasteiger partial charge in [-0.05, 0) is 30.9 Å². The van der Waals surface area contributed by atoms with Gasteiger partial charge in [-0.25, -0.2) is 0 Å². The topological polar surface area (TPSA) is 102 Å². The maximum Gasteiger partial charge on any atom is 0.293 e. The van der Waals surface area contributed by atoms with Crippen molar-refractivity contribution in [1.29, 1.82) is 0 Å². The number of hydrogen-bond acceptors (Lipinski definition) is 5. The lowest BCUT2D eigenvalue weighted by molar-refractivity contribution is -0.384. The first kappa shape index (κ1) is 15.2. The third kappa shape index (κ3) is 3.49. The molecule has 0 bridgehead atoms. The van der Waals surface area contributed by atoms with E-state index in [-0.39, 0.29) is 17.3 Å². The van der Waals surface area contributed by atoms with Gasteiger partial charge >= 0.3 is 0 Å². The number of hydrogen-bond donors (Lipinski definition) is 2. The monoisotopic (exact) mass is 292 g/mol. The Morgan fingerprint density at radius 3 is 2.67 bits per heavy atom. The average Bonchev–Trinajstić information content (AvgIpc) is 3.27. The fourth-order valence-electron chi connectivity index (χ4n) is 2.29. The molecule has 0 atom stereocenters. The van der Waals surface area contributed by atoms with E-state index < -0.39 is 4.92 Å². The maximum atomic E-state index is 12.6. The van der Waals surface area contributed by atoms with Crippen molar-refractivity contribution in [3.63, 3.8) is 0 Å². The third-order valence-electron chi connectivity index (χ3n) is 3.41. The van der Waals surface area contributed by atoms with Crippen LogP contribution in [-0.4, -0.2) is 28.3 Å². The molecular formula is C14H20N4O3. The number of benzene rings is 1. The van der Waals surface area contributed by atoms with Gasteiger partial charge < -0.3 is 10.3 Å². The number of nitrogens with zero attached hydrogens (tertiary/aromatic N) is 2. The van der Waals surface area contributed by atoms with Crippen LogP contribution >= 0.6 is 0 Å². The lowest BCUT2D eigenvalue weighted by Gasteiger charge is -2.24. The Hall–Kier alpha value is -2.15. The van der Waals surface area contributed by atoms with Crippen LogP contribution in [-0.2, 0) is 0 Å². The van der Waals surface area contributed by atoms with Gasteiger partial charge in [-0.15, -0.1) is 0 Å². The molecule has 0 aromatic heterocycles. The summed E-state index contributed by atoms with van der Waals surface area (Å²) >= 11 is 0. The van der Waals surface area contributed by atoms with Crippen LogP contribution in [0.25, 0.3) is 0 Å². The zero-order valence-corrected chi connectivity index (χ0v) is 12.2. The number of carbonyl (C=O) groups excluding carboxylic acids is 1. The van der Waals surface area contributed by atoms with Gasteiger partial charge in [0.25, 0.3) is 11.6 Å². The molecule has 1 fully saturated rings. The number of hydrazine groups is 1. The Kier molecular flexibility index (Phi) is 4.42. The van der Waals surface area contributed by atoms with Gasteiger partial charge in [-0.3, -0.25) is 20.8 Å². The van der Waals surface area contributed by atoms with Crippen LogP contribution in [0.1, 0.15) is 37.0 Å². The molecule has 114 valence electrons. The maximum absolute atomic E-state index is 12.6. The van der Waals surface area contributed by atoms with E-state index in [4.69, 9.17) is 5.84 Å². The van der Waals surface area contributed by atoms with E-state index in [0.717, 1.165) is 12.8 Å². The van der Waals surface area contributed by atoms with Crippen LogP contribution < -0.4 is 11.3 Å². The first-order valence-corrected chi connectivity index (χ1v) is 7.00. The van der Waals surface area contributed by atoms with Gasteiger partial charge in [0.2, 0.25) is 0 Å². The van der Waals surface area contributed by atoms with Crippen molar-refractivity contribution in [3.05, 3.63) is 33.9 Å². The number of rotatable bonds is 6. The fourth-order valence-corrected chi connectivity index (χ4v) is 2.29. The van der Waals surface area contributed by atoms with Crippen molar-refractivity contribution in [2.45, 2.75) is 32.7 Å². The number of nitro groups is 1. The molecule has 1 aromatic rings. The van der Waals surface area contributed by atoms with Gasteiger partial charge in [0.15, 0.2) is 0 Å². The Bertz CT molecular complexity index is 555. The van der Waals surface area contributed by atoms with Crippen molar-refractivity contribution in [2.75, 3.05) is 12.0 Å². The second kappa shape index (κ2) is 6.09. The molecule has 0 saturated heterocycles. The van der Waals surface area contributed by atoms with E-state index in [2.05, 4.69) is 19.3 Å². The third-order valence-corrected chi connectivity index (χ3v) is 3.41. The summed E-state index contributed by atoms with van der Waals surface area (Å²) in [5, 5.41) is 10.9. The summed E-state index contributed by atoms with van der Waals surface area (Å²) in [4.78, 5) is 24.8. The molecule has 1 aromatic carbocycles. The molecule has 0 heterocycles.